The fourth-order valence-electron chi connectivity index (χ4n) is 2.36. The number of aliphatic hydroxyl groups is 1. The highest BCUT2D eigenvalue weighted by Crippen LogP contribution is 2.16. The largest absolute Gasteiger partial charge is 0.489 e. The second-order valence-electron chi connectivity index (χ2n) is 5.60. The first-order chi connectivity index (χ1) is 11.1. The van der Waals surface area contributed by atoms with Gasteiger partial charge >= 0.3 is 0 Å². The highest BCUT2D eigenvalue weighted by atomic mass is 16.5. The fourth-order valence-corrected chi connectivity index (χ4v) is 2.36. The number of benzene rings is 2. The fraction of sp³-hybridized carbons (Fsp3) is 0.316. The van der Waals surface area contributed by atoms with Crippen LogP contribution in [-0.4, -0.2) is 17.1 Å². The van der Waals surface area contributed by atoms with E-state index in [1.54, 1.807) is 24.3 Å². The SMILES string of the molecule is NC(=O)c1ccc(OCc2ccccc2)cc1.OC1CCCC1. The van der Waals surface area contributed by atoms with Crippen LogP contribution in [0.25, 0.3) is 0 Å². The van der Waals surface area contributed by atoms with E-state index in [1.165, 1.54) is 12.8 Å². The summed E-state index contributed by atoms with van der Waals surface area (Å²) in [6.45, 7) is 0.511. The Kier molecular flexibility index (Phi) is 6.63. The Bertz CT molecular complexity index is 590. The topological polar surface area (TPSA) is 72.6 Å². The first-order valence-corrected chi connectivity index (χ1v) is 7.90. The predicted molar refractivity (Wildman–Crippen MR) is 90.2 cm³/mol. The number of ether oxygens (including phenoxy) is 1. The number of nitrogens with two attached hydrogens (primary N) is 1. The molecule has 0 unspecified atom stereocenters. The molecule has 3 rings (SSSR count). The van der Waals surface area contributed by atoms with Crippen LogP contribution in [0.1, 0.15) is 41.6 Å². The quantitative estimate of drug-likeness (QED) is 0.909. The molecular weight excluding hydrogens is 290 g/mol. The van der Waals surface area contributed by atoms with Crippen molar-refractivity contribution in [1.82, 2.24) is 0 Å². The van der Waals surface area contributed by atoms with Gasteiger partial charge in [0.05, 0.1) is 6.10 Å². The maximum atomic E-state index is 10.9. The lowest BCUT2D eigenvalue weighted by Gasteiger charge is -2.06. The third-order valence-electron chi connectivity index (χ3n) is 3.71. The molecule has 0 atom stereocenters. The van der Waals surface area contributed by atoms with Gasteiger partial charge in [0.15, 0.2) is 0 Å². The number of primary amides is 1. The molecule has 1 aliphatic rings. The van der Waals surface area contributed by atoms with Crippen molar-refractivity contribution in [1.29, 1.82) is 0 Å². The molecule has 0 aromatic heterocycles. The molecule has 1 aliphatic carbocycles. The molecule has 23 heavy (non-hydrogen) atoms. The second-order valence-corrected chi connectivity index (χ2v) is 5.60. The van der Waals surface area contributed by atoms with Crippen molar-refractivity contribution in [3.63, 3.8) is 0 Å². The van der Waals surface area contributed by atoms with E-state index < -0.39 is 5.91 Å². The molecule has 0 bridgehead atoms. The third-order valence-corrected chi connectivity index (χ3v) is 3.71. The van der Waals surface area contributed by atoms with E-state index in [0.29, 0.717) is 12.2 Å². The number of hydrogen-bond donors (Lipinski definition) is 2. The Balaban J connectivity index is 0.000000268. The van der Waals surface area contributed by atoms with Gasteiger partial charge in [0.2, 0.25) is 5.91 Å². The average Bonchev–Trinajstić information content (AvgIpc) is 3.06. The van der Waals surface area contributed by atoms with Gasteiger partial charge in [-0.15, -0.1) is 0 Å². The number of hydrogen-bond acceptors (Lipinski definition) is 3. The summed E-state index contributed by atoms with van der Waals surface area (Å²) < 4.78 is 5.57. The van der Waals surface area contributed by atoms with Crippen LogP contribution >= 0.6 is 0 Å². The minimum atomic E-state index is -0.431. The summed E-state index contributed by atoms with van der Waals surface area (Å²) in [6, 6.07) is 16.7. The van der Waals surface area contributed by atoms with Gasteiger partial charge in [0, 0.05) is 5.56 Å². The predicted octanol–water partition coefficient (Wildman–Crippen LogP) is 3.29. The van der Waals surface area contributed by atoms with Crippen LogP contribution in [0.3, 0.4) is 0 Å². The van der Waals surface area contributed by atoms with E-state index in [0.717, 1.165) is 24.2 Å². The number of aliphatic hydroxyl groups excluding tert-OH is 1. The summed E-state index contributed by atoms with van der Waals surface area (Å²) in [5, 5.41) is 8.73. The van der Waals surface area contributed by atoms with Crippen LogP contribution in [0.2, 0.25) is 0 Å². The Morgan fingerprint density at radius 3 is 2.13 bits per heavy atom. The molecule has 4 heteroatoms. The molecule has 1 amide bonds. The maximum Gasteiger partial charge on any atom is 0.248 e. The van der Waals surface area contributed by atoms with Crippen molar-refractivity contribution >= 4 is 5.91 Å². The Hall–Kier alpha value is -2.33. The van der Waals surface area contributed by atoms with Gasteiger partial charge in [0.25, 0.3) is 0 Å². The summed E-state index contributed by atoms with van der Waals surface area (Å²) in [4.78, 5) is 10.9. The van der Waals surface area contributed by atoms with Gasteiger partial charge < -0.3 is 15.6 Å². The zero-order chi connectivity index (χ0) is 16.5. The molecule has 0 saturated heterocycles. The van der Waals surface area contributed by atoms with Gasteiger partial charge in [-0.05, 0) is 42.7 Å². The second kappa shape index (κ2) is 8.96. The molecule has 0 spiro atoms. The van der Waals surface area contributed by atoms with Crippen LogP contribution in [0, 0.1) is 0 Å². The van der Waals surface area contributed by atoms with Crippen molar-refractivity contribution in [2.24, 2.45) is 5.73 Å². The lowest BCUT2D eigenvalue weighted by Crippen LogP contribution is -2.10. The highest BCUT2D eigenvalue weighted by Gasteiger charge is 2.09. The first kappa shape index (κ1) is 17.0. The summed E-state index contributed by atoms with van der Waals surface area (Å²) in [6.07, 6.45) is 4.60. The molecule has 0 aliphatic heterocycles. The van der Waals surface area contributed by atoms with Crippen LogP contribution in [0.5, 0.6) is 5.75 Å². The normalized spacial score (nSPS) is 14.0. The average molecular weight is 313 g/mol. The van der Waals surface area contributed by atoms with Crippen LogP contribution in [0.15, 0.2) is 54.6 Å². The lowest BCUT2D eigenvalue weighted by molar-refractivity contribution is 0.1000. The third kappa shape index (κ3) is 6.12. The van der Waals surface area contributed by atoms with Gasteiger partial charge in [-0.25, -0.2) is 0 Å². The molecule has 4 nitrogen and oxygen atoms in total. The lowest BCUT2D eigenvalue weighted by atomic mass is 10.2. The maximum absolute atomic E-state index is 10.9. The van der Waals surface area contributed by atoms with E-state index in [4.69, 9.17) is 15.6 Å². The summed E-state index contributed by atoms with van der Waals surface area (Å²) in [5.74, 6) is 0.290. The van der Waals surface area contributed by atoms with Crippen molar-refractivity contribution in [2.45, 2.75) is 38.4 Å². The number of carbonyl (C=O) groups is 1. The molecule has 2 aromatic rings. The minimum absolute atomic E-state index is 0.0463. The Morgan fingerprint density at radius 1 is 1.04 bits per heavy atom. The number of carbonyl (C=O) groups excluding carboxylic acids is 1. The highest BCUT2D eigenvalue weighted by molar-refractivity contribution is 5.92. The van der Waals surface area contributed by atoms with Gasteiger partial charge in [-0.2, -0.15) is 0 Å². The van der Waals surface area contributed by atoms with Crippen molar-refractivity contribution in [3.05, 3.63) is 65.7 Å². The zero-order valence-corrected chi connectivity index (χ0v) is 13.2. The summed E-state index contributed by atoms with van der Waals surface area (Å²) >= 11 is 0. The molecule has 0 heterocycles. The smallest absolute Gasteiger partial charge is 0.248 e. The number of rotatable bonds is 4. The van der Waals surface area contributed by atoms with Gasteiger partial charge in [-0.1, -0.05) is 43.2 Å². The molecule has 122 valence electrons. The van der Waals surface area contributed by atoms with Crippen LogP contribution in [-0.2, 0) is 6.61 Å². The van der Waals surface area contributed by atoms with E-state index in [9.17, 15) is 4.79 Å². The van der Waals surface area contributed by atoms with Crippen molar-refractivity contribution in [3.8, 4) is 5.75 Å². The Labute approximate surface area is 136 Å². The zero-order valence-electron chi connectivity index (χ0n) is 13.2. The Morgan fingerprint density at radius 2 is 1.65 bits per heavy atom. The summed E-state index contributed by atoms with van der Waals surface area (Å²) in [5.41, 5.74) is 6.74. The van der Waals surface area contributed by atoms with Crippen molar-refractivity contribution in [2.75, 3.05) is 0 Å². The van der Waals surface area contributed by atoms with E-state index in [2.05, 4.69) is 0 Å². The van der Waals surface area contributed by atoms with E-state index in [1.807, 2.05) is 30.3 Å². The first-order valence-electron chi connectivity index (χ1n) is 7.90. The molecule has 1 fully saturated rings. The van der Waals surface area contributed by atoms with Gasteiger partial charge in [-0.3, -0.25) is 4.79 Å². The molecule has 1 saturated carbocycles. The molecule has 0 radical (unpaired) electrons. The summed E-state index contributed by atoms with van der Waals surface area (Å²) in [7, 11) is 0. The minimum Gasteiger partial charge on any atom is -0.489 e. The molecular formula is C19H23NO3. The molecule has 2 aromatic carbocycles. The van der Waals surface area contributed by atoms with Crippen LogP contribution in [0.4, 0.5) is 0 Å². The van der Waals surface area contributed by atoms with Crippen LogP contribution < -0.4 is 10.5 Å². The van der Waals surface area contributed by atoms with E-state index in [-0.39, 0.29) is 6.10 Å². The number of amides is 1. The monoisotopic (exact) mass is 313 g/mol. The molecule has 3 N–H and O–H groups in total. The van der Waals surface area contributed by atoms with E-state index >= 15 is 0 Å². The standard InChI is InChI=1S/C14H13NO2.C5H10O/c15-14(16)12-6-8-13(9-7-12)17-10-11-4-2-1-3-5-11;6-5-3-1-2-4-5/h1-9H,10H2,(H2,15,16);5-6H,1-4H2. The van der Waals surface area contributed by atoms with Crippen molar-refractivity contribution < 1.29 is 14.6 Å². The van der Waals surface area contributed by atoms with Gasteiger partial charge in [0.1, 0.15) is 12.4 Å².